The third-order valence-corrected chi connectivity index (χ3v) is 4.04. The van der Waals surface area contributed by atoms with Crippen LogP contribution in [0.2, 0.25) is 0 Å². The molecular weight excluding hydrogens is 262 g/mol. The monoisotopic (exact) mass is 289 g/mol. The molecule has 1 aromatic heterocycles. The summed E-state index contributed by atoms with van der Waals surface area (Å²) in [7, 11) is 0. The van der Waals surface area contributed by atoms with Crippen molar-refractivity contribution in [3.8, 4) is 0 Å². The summed E-state index contributed by atoms with van der Waals surface area (Å²) in [6, 6.07) is 4.03. The Morgan fingerprint density at radius 1 is 1.38 bits per heavy atom. The van der Waals surface area contributed by atoms with Gasteiger partial charge in [0.25, 0.3) is 0 Å². The van der Waals surface area contributed by atoms with Gasteiger partial charge >= 0.3 is 0 Å². The van der Waals surface area contributed by atoms with Crippen LogP contribution in [-0.4, -0.2) is 42.6 Å². The Balaban J connectivity index is 1.85. The van der Waals surface area contributed by atoms with Gasteiger partial charge in [0, 0.05) is 32.7 Å². The zero-order valence-electron chi connectivity index (χ0n) is 13.2. The van der Waals surface area contributed by atoms with Crippen molar-refractivity contribution in [1.29, 1.82) is 0 Å². The van der Waals surface area contributed by atoms with E-state index in [1.807, 2.05) is 12.3 Å². The zero-order chi connectivity index (χ0) is 15.2. The number of aromatic nitrogens is 1. The predicted octanol–water partition coefficient (Wildman–Crippen LogP) is 2.09. The molecule has 0 aliphatic carbocycles. The molecule has 2 heterocycles. The molecule has 1 saturated heterocycles. The number of anilines is 2. The number of hydrogen-bond acceptors (Lipinski definition) is 5. The molecule has 2 rings (SSSR count). The van der Waals surface area contributed by atoms with E-state index in [-0.39, 0.29) is 0 Å². The molecule has 0 bridgehead atoms. The first kappa shape index (κ1) is 15.6. The summed E-state index contributed by atoms with van der Waals surface area (Å²) in [5, 5.41) is 2.92. The number of pyridine rings is 1. The zero-order valence-corrected chi connectivity index (χ0v) is 13.2. The molecule has 21 heavy (non-hydrogen) atoms. The molecular formula is C16H27N5. The van der Waals surface area contributed by atoms with Crippen LogP contribution in [0.1, 0.15) is 20.3 Å². The quantitative estimate of drug-likeness (QED) is 0.840. The SMILES string of the molecule is C=C(N)Nc1ccc(N2CCN(CC(C)CC)CC2)cn1. The Bertz CT molecular complexity index is 448. The van der Waals surface area contributed by atoms with Gasteiger partial charge in [-0.3, -0.25) is 4.90 Å². The van der Waals surface area contributed by atoms with Gasteiger partial charge in [-0.05, 0) is 18.1 Å². The van der Waals surface area contributed by atoms with Crippen LogP contribution in [0.5, 0.6) is 0 Å². The lowest BCUT2D eigenvalue weighted by Crippen LogP contribution is -2.47. The van der Waals surface area contributed by atoms with E-state index >= 15 is 0 Å². The van der Waals surface area contributed by atoms with Gasteiger partial charge in [0.2, 0.25) is 0 Å². The highest BCUT2D eigenvalue weighted by Crippen LogP contribution is 2.18. The van der Waals surface area contributed by atoms with Crippen LogP contribution >= 0.6 is 0 Å². The third-order valence-electron chi connectivity index (χ3n) is 4.04. The molecule has 1 aliphatic rings. The summed E-state index contributed by atoms with van der Waals surface area (Å²) in [6.45, 7) is 13.8. The van der Waals surface area contributed by atoms with E-state index in [2.05, 4.69) is 46.6 Å². The Hall–Kier alpha value is -1.75. The highest BCUT2D eigenvalue weighted by molar-refractivity contribution is 5.51. The number of nitrogens with zero attached hydrogens (tertiary/aromatic N) is 3. The average molecular weight is 289 g/mol. The van der Waals surface area contributed by atoms with E-state index in [9.17, 15) is 0 Å². The van der Waals surface area contributed by atoms with Gasteiger partial charge in [0.1, 0.15) is 5.82 Å². The number of rotatable bonds is 6. The van der Waals surface area contributed by atoms with Crippen molar-refractivity contribution in [1.82, 2.24) is 9.88 Å². The van der Waals surface area contributed by atoms with Crippen LogP contribution in [0.3, 0.4) is 0 Å². The van der Waals surface area contributed by atoms with Crippen molar-refractivity contribution < 1.29 is 0 Å². The fraction of sp³-hybridized carbons (Fsp3) is 0.562. The van der Waals surface area contributed by atoms with E-state index < -0.39 is 0 Å². The Morgan fingerprint density at radius 2 is 2.10 bits per heavy atom. The second-order valence-electron chi connectivity index (χ2n) is 5.85. The summed E-state index contributed by atoms with van der Waals surface area (Å²) in [6.07, 6.45) is 3.15. The van der Waals surface area contributed by atoms with Crippen LogP contribution in [-0.2, 0) is 0 Å². The Morgan fingerprint density at radius 3 is 2.62 bits per heavy atom. The number of nitrogens with two attached hydrogens (primary N) is 1. The highest BCUT2D eigenvalue weighted by atomic mass is 15.3. The molecule has 5 heteroatoms. The molecule has 0 radical (unpaired) electrons. The Labute approximate surface area is 127 Å². The van der Waals surface area contributed by atoms with Gasteiger partial charge in [-0.2, -0.15) is 0 Å². The summed E-state index contributed by atoms with van der Waals surface area (Å²) in [5.74, 6) is 1.93. The summed E-state index contributed by atoms with van der Waals surface area (Å²) in [5.41, 5.74) is 6.68. The first-order chi connectivity index (χ1) is 10.1. The summed E-state index contributed by atoms with van der Waals surface area (Å²) >= 11 is 0. The largest absolute Gasteiger partial charge is 0.386 e. The maximum Gasteiger partial charge on any atom is 0.131 e. The molecule has 1 unspecified atom stereocenters. The van der Waals surface area contributed by atoms with E-state index in [1.165, 1.54) is 18.7 Å². The molecule has 1 atom stereocenters. The van der Waals surface area contributed by atoms with Crippen molar-refractivity contribution in [2.75, 3.05) is 42.9 Å². The van der Waals surface area contributed by atoms with Gasteiger partial charge in [-0.15, -0.1) is 0 Å². The first-order valence-corrected chi connectivity index (χ1v) is 7.73. The summed E-state index contributed by atoms with van der Waals surface area (Å²) in [4.78, 5) is 9.32. The second kappa shape index (κ2) is 7.31. The maximum atomic E-state index is 5.51. The van der Waals surface area contributed by atoms with Gasteiger partial charge in [-0.1, -0.05) is 26.8 Å². The molecule has 3 N–H and O–H groups in total. The van der Waals surface area contributed by atoms with Crippen molar-refractivity contribution in [2.45, 2.75) is 20.3 Å². The Kier molecular flexibility index (Phi) is 5.44. The molecule has 0 amide bonds. The molecule has 1 aromatic rings. The smallest absolute Gasteiger partial charge is 0.131 e. The normalized spacial score (nSPS) is 17.5. The lowest BCUT2D eigenvalue weighted by molar-refractivity contribution is 0.222. The fourth-order valence-electron chi connectivity index (χ4n) is 2.57. The van der Waals surface area contributed by atoms with Crippen LogP contribution in [0.25, 0.3) is 0 Å². The lowest BCUT2D eigenvalue weighted by Gasteiger charge is -2.37. The van der Waals surface area contributed by atoms with Crippen molar-refractivity contribution in [3.05, 3.63) is 30.7 Å². The lowest BCUT2D eigenvalue weighted by atomic mass is 10.1. The number of nitrogens with one attached hydrogen (secondary N) is 1. The van der Waals surface area contributed by atoms with E-state index in [1.54, 1.807) is 0 Å². The van der Waals surface area contributed by atoms with Gasteiger partial charge < -0.3 is 16.0 Å². The standard InChI is InChI=1S/C16H27N5/c1-4-13(2)12-20-7-9-21(10-8-20)15-5-6-16(18-11-15)19-14(3)17/h5-6,11,13H,3-4,7-10,12,17H2,1-2H3,(H,18,19). The topological polar surface area (TPSA) is 57.4 Å². The van der Waals surface area contributed by atoms with E-state index in [0.29, 0.717) is 5.82 Å². The van der Waals surface area contributed by atoms with Gasteiger partial charge in [0.15, 0.2) is 0 Å². The van der Waals surface area contributed by atoms with Gasteiger partial charge in [-0.25, -0.2) is 4.98 Å². The highest BCUT2D eigenvalue weighted by Gasteiger charge is 2.18. The third kappa shape index (κ3) is 4.63. The molecule has 116 valence electrons. The minimum absolute atomic E-state index is 0.411. The molecule has 5 nitrogen and oxygen atoms in total. The van der Waals surface area contributed by atoms with Crippen molar-refractivity contribution in [2.24, 2.45) is 11.7 Å². The molecule has 1 aliphatic heterocycles. The predicted molar refractivity (Wildman–Crippen MR) is 89.3 cm³/mol. The first-order valence-electron chi connectivity index (χ1n) is 7.73. The van der Waals surface area contributed by atoms with E-state index in [4.69, 9.17) is 5.73 Å². The van der Waals surface area contributed by atoms with Gasteiger partial charge in [0.05, 0.1) is 17.7 Å². The van der Waals surface area contributed by atoms with Crippen molar-refractivity contribution in [3.63, 3.8) is 0 Å². The average Bonchev–Trinajstić information content (AvgIpc) is 2.48. The number of piperazine rings is 1. The van der Waals surface area contributed by atoms with Crippen molar-refractivity contribution >= 4 is 11.5 Å². The minimum atomic E-state index is 0.411. The molecule has 1 fully saturated rings. The molecule has 0 aromatic carbocycles. The second-order valence-corrected chi connectivity index (χ2v) is 5.85. The fourth-order valence-corrected chi connectivity index (χ4v) is 2.57. The minimum Gasteiger partial charge on any atom is -0.386 e. The van der Waals surface area contributed by atoms with E-state index in [0.717, 1.165) is 37.9 Å². The molecule has 0 spiro atoms. The van der Waals surface area contributed by atoms with Crippen LogP contribution in [0.4, 0.5) is 11.5 Å². The number of hydrogen-bond donors (Lipinski definition) is 2. The van der Waals surface area contributed by atoms with Crippen LogP contribution < -0.4 is 16.0 Å². The summed E-state index contributed by atoms with van der Waals surface area (Å²) < 4.78 is 0. The maximum absolute atomic E-state index is 5.51. The van der Waals surface area contributed by atoms with Crippen LogP contribution in [0, 0.1) is 5.92 Å². The molecule has 0 saturated carbocycles. The van der Waals surface area contributed by atoms with Crippen LogP contribution in [0.15, 0.2) is 30.7 Å².